The Morgan fingerprint density at radius 1 is 1.69 bits per heavy atom. The van der Waals surface area contributed by atoms with Gasteiger partial charge in [-0.3, -0.25) is 0 Å². The molecule has 1 heterocycles. The first-order valence-electron chi connectivity index (χ1n) is 3.82. The fraction of sp³-hybridized carbons (Fsp3) is 0.333. The molecule has 4 heteroatoms. The lowest BCUT2D eigenvalue weighted by molar-refractivity contribution is -0.687. The van der Waals surface area contributed by atoms with Gasteiger partial charge in [0.15, 0.2) is 0 Å². The van der Waals surface area contributed by atoms with Crippen LogP contribution in [0, 0.1) is 19.3 Å². The first-order valence-corrected chi connectivity index (χ1v) is 3.82. The molecule has 0 bridgehead atoms. The number of rotatable bonds is 1. The van der Waals surface area contributed by atoms with E-state index < -0.39 is 0 Å². The first kappa shape index (κ1) is 9.33. The van der Waals surface area contributed by atoms with Crippen LogP contribution < -0.4 is 10.1 Å². The summed E-state index contributed by atoms with van der Waals surface area (Å²) >= 11 is 0. The van der Waals surface area contributed by atoms with Crippen molar-refractivity contribution in [2.45, 2.75) is 13.3 Å². The zero-order valence-electron chi connectivity index (χ0n) is 7.59. The second kappa shape index (κ2) is 3.31. The molecule has 13 heavy (non-hydrogen) atoms. The van der Waals surface area contributed by atoms with Crippen molar-refractivity contribution in [3.8, 4) is 18.2 Å². The van der Waals surface area contributed by atoms with Crippen molar-refractivity contribution in [1.82, 2.24) is 4.98 Å². The Kier molecular flexibility index (Phi) is 2.38. The van der Waals surface area contributed by atoms with Crippen molar-refractivity contribution in [1.29, 1.82) is 0 Å². The number of aromatic hydroxyl groups is 1. The van der Waals surface area contributed by atoms with Crippen molar-refractivity contribution in [2.24, 2.45) is 7.05 Å². The quantitative estimate of drug-likeness (QED) is 0.446. The van der Waals surface area contributed by atoms with Crippen LogP contribution in [-0.2, 0) is 13.5 Å². The maximum Gasteiger partial charge on any atom is 0.343 e. The van der Waals surface area contributed by atoms with Gasteiger partial charge in [-0.2, -0.15) is 0 Å². The summed E-state index contributed by atoms with van der Waals surface area (Å²) in [6, 6.07) is 0. The first-order chi connectivity index (χ1) is 6.07. The average molecular weight is 179 g/mol. The van der Waals surface area contributed by atoms with E-state index in [1.165, 1.54) is 4.57 Å². The zero-order valence-corrected chi connectivity index (χ0v) is 7.59. The Bertz CT molecular complexity index is 426. The van der Waals surface area contributed by atoms with Crippen LogP contribution in [0.1, 0.15) is 11.4 Å². The fourth-order valence-corrected chi connectivity index (χ4v) is 1.05. The third-order valence-corrected chi connectivity index (χ3v) is 1.94. The zero-order chi connectivity index (χ0) is 10.0. The third kappa shape index (κ3) is 1.54. The molecule has 0 atom stereocenters. The molecule has 2 N–H and O–H groups in total. The number of aromatic nitrogens is 2. The number of nitrogens with zero attached hydrogens (tertiary/aromatic N) is 1. The third-order valence-electron chi connectivity index (χ3n) is 1.94. The molecule has 0 aliphatic heterocycles. The highest BCUT2D eigenvalue weighted by Gasteiger charge is 2.16. The summed E-state index contributed by atoms with van der Waals surface area (Å²) in [7, 11) is 1.65. The van der Waals surface area contributed by atoms with Gasteiger partial charge < -0.3 is 5.11 Å². The monoisotopic (exact) mass is 179 g/mol. The predicted molar refractivity (Wildman–Crippen MR) is 47.2 cm³/mol. The number of nitrogens with one attached hydrogen (secondary N) is 1. The van der Waals surface area contributed by atoms with Gasteiger partial charge in [-0.05, 0) is 0 Å². The summed E-state index contributed by atoms with van der Waals surface area (Å²) in [5.41, 5.74) is -0.0957. The van der Waals surface area contributed by atoms with Gasteiger partial charge >= 0.3 is 5.56 Å². The molecule has 0 amide bonds. The lowest BCUT2D eigenvalue weighted by atomic mass is 10.2. The minimum Gasteiger partial charge on any atom is -0.477 e. The molecule has 4 nitrogen and oxygen atoms in total. The van der Waals surface area contributed by atoms with Gasteiger partial charge in [0.05, 0.1) is 7.05 Å². The highest BCUT2D eigenvalue weighted by atomic mass is 16.3. The second-order valence-electron chi connectivity index (χ2n) is 2.78. The molecule has 0 saturated heterocycles. The molecule has 0 aliphatic carbocycles. The highest BCUT2D eigenvalue weighted by Crippen LogP contribution is 2.05. The summed E-state index contributed by atoms with van der Waals surface area (Å²) < 4.78 is 1.48. The van der Waals surface area contributed by atoms with Crippen LogP contribution in [0.5, 0.6) is 5.88 Å². The largest absolute Gasteiger partial charge is 0.477 e. The van der Waals surface area contributed by atoms with Crippen molar-refractivity contribution >= 4 is 0 Å². The van der Waals surface area contributed by atoms with Gasteiger partial charge in [0.25, 0.3) is 11.7 Å². The summed E-state index contributed by atoms with van der Waals surface area (Å²) in [4.78, 5) is 13.9. The van der Waals surface area contributed by atoms with Gasteiger partial charge in [-0.15, -0.1) is 12.3 Å². The van der Waals surface area contributed by atoms with Crippen LogP contribution in [0.4, 0.5) is 0 Å². The van der Waals surface area contributed by atoms with Gasteiger partial charge in [-0.1, -0.05) is 0 Å². The number of aryl methyl sites for hydroxylation is 1. The molecule has 0 aromatic carbocycles. The molecular weight excluding hydrogens is 168 g/mol. The minimum atomic E-state index is -0.328. The summed E-state index contributed by atoms with van der Waals surface area (Å²) in [5.74, 6) is 2.84. The molecule has 1 aromatic heterocycles. The number of terminal acetylenes is 1. The molecule has 0 spiro atoms. The molecular formula is C9H11N2O2+. The second-order valence-corrected chi connectivity index (χ2v) is 2.78. The summed E-state index contributed by atoms with van der Waals surface area (Å²) in [6.07, 6.45) is 5.20. The SMILES string of the molecule is C#CCc1c(O)[n+](C)c(C)[nH]c1=O. The number of aromatic amines is 1. The van der Waals surface area contributed by atoms with Crippen LogP contribution in [0.15, 0.2) is 4.79 Å². The Morgan fingerprint density at radius 2 is 2.31 bits per heavy atom. The molecule has 1 rings (SSSR count). The van der Waals surface area contributed by atoms with Crippen LogP contribution in [0.25, 0.3) is 0 Å². The van der Waals surface area contributed by atoms with E-state index in [1.807, 2.05) is 0 Å². The van der Waals surface area contributed by atoms with E-state index in [4.69, 9.17) is 6.42 Å². The van der Waals surface area contributed by atoms with E-state index in [9.17, 15) is 9.90 Å². The lowest BCUT2D eigenvalue weighted by Gasteiger charge is -2.00. The van der Waals surface area contributed by atoms with Crippen molar-refractivity contribution < 1.29 is 9.67 Å². The van der Waals surface area contributed by atoms with E-state index >= 15 is 0 Å². The van der Waals surface area contributed by atoms with Gasteiger partial charge in [-0.25, -0.2) is 14.3 Å². The molecule has 0 aliphatic rings. The van der Waals surface area contributed by atoms with Gasteiger partial charge in [0.2, 0.25) is 0 Å². The summed E-state index contributed by atoms with van der Waals surface area (Å²) in [5, 5.41) is 9.54. The topological polar surface area (TPSA) is 57.0 Å². The fourth-order valence-electron chi connectivity index (χ4n) is 1.05. The minimum absolute atomic E-state index is 0.0702. The number of hydrogen-bond acceptors (Lipinski definition) is 2. The van der Waals surface area contributed by atoms with Crippen LogP contribution in [0.2, 0.25) is 0 Å². The van der Waals surface area contributed by atoms with Crippen LogP contribution in [-0.4, -0.2) is 10.1 Å². The Labute approximate surface area is 75.9 Å². The Hall–Kier alpha value is -1.76. The standard InChI is InChI=1S/C9H10N2O2/c1-4-5-7-8(12)10-6(2)11(3)9(7)13/h1H,5H2,2-3H3,(H,12,13)/p+1. The van der Waals surface area contributed by atoms with E-state index in [1.54, 1.807) is 14.0 Å². The molecule has 1 aromatic rings. The molecule has 0 unspecified atom stereocenters. The molecule has 0 saturated carbocycles. The highest BCUT2D eigenvalue weighted by molar-refractivity contribution is 5.21. The van der Waals surface area contributed by atoms with E-state index in [-0.39, 0.29) is 23.4 Å². The van der Waals surface area contributed by atoms with E-state index in [0.717, 1.165) is 0 Å². The number of H-pyrrole nitrogens is 1. The Balaban J connectivity index is 3.46. The molecule has 0 radical (unpaired) electrons. The smallest absolute Gasteiger partial charge is 0.343 e. The van der Waals surface area contributed by atoms with E-state index in [0.29, 0.717) is 5.82 Å². The van der Waals surface area contributed by atoms with Crippen molar-refractivity contribution in [2.75, 3.05) is 0 Å². The Morgan fingerprint density at radius 3 is 2.85 bits per heavy atom. The molecule has 0 fully saturated rings. The normalized spacial score (nSPS) is 9.62. The average Bonchev–Trinajstić information content (AvgIpc) is 2.09. The van der Waals surface area contributed by atoms with E-state index in [2.05, 4.69) is 10.9 Å². The summed E-state index contributed by atoms with van der Waals surface area (Å²) in [6.45, 7) is 1.70. The maximum atomic E-state index is 11.3. The van der Waals surface area contributed by atoms with Crippen molar-refractivity contribution in [3.05, 3.63) is 21.7 Å². The number of hydrogen-bond donors (Lipinski definition) is 2. The van der Waals surface area contributed by atoms with Gasteiger partial charge in [0, 0.05) is 13.3 Å². The molecule has 68 valence electrons. The van der Waals surface area contributed by atoms with Crippen LogP contribution in [0.3, 0.4) is 0 Å². The maximum absolute atomic E-state index is 11.3. The predicted octanol–water partition coefficient (Wildman–Crippen LogP) is -0.611. The van der Waals surface area contributed by atoms with Gasteiger partial charge in [0.1, 0.15) is 5.56 Å². The van der Waals surface area contributed by atoms with Crippen molar-refractivity contribution in [3.63, 3.8) is 0 Å². The van der Waals surface area contributed by atoms with Crippen LogP contribution >= 0.6 is 0 Å². The lowest BCUT2D eigenvalue weighted by Crippen LogP contribution is -2.38.